The predicted octanol–water partition coefficient (Wildman–Crippen LogP) is 1.61. The number of fused-ring (bicyclic) bond motifs is 2. The van der Waals surface area contributed by atoms with E-state index in [1.807, 2.05) is 24.8 Å². The first-order valence-electron chi connectivity index (χ1n) is 10.7. The van der Waals surface area contributed by atoms with Crippen molar-refractivity contribution in [1.82, 2.24) is 29.9 Å². The molecule has 0 saturated carbocycles. The lowest BCUT2D eigenvalue weighted by molar-refractivity contribution is 0.0777. The number of aromatic nitrogens is 5. The van der Waals surface area contributed by atoms with Crippen molar-refractivity contribution in [3.8, 4) is 17.2 Å². The number of likely N-dealkylation sites (tertiary alicyclic amines) is 1. The van der Waals surface area contributed by atoms with Gasteiger partial charge in [0.05, 0.1) is 12.4 Å². The lowest BCUT2D eigenvalue weighted by Gasteiger charge is -2.23. The van der Waals surface area contributed by atoms with Crippen molar-refractivity contribution in [3.05, 3.63) is 47.5 Å². The van der Waals surface area contributed by atoms with E-state index in [2.05, 4.69) is 25.1 Å². The molecule has 1 aromatic carbocycles. The van der Waals surface area contributed by atoms with Crippen LogP contribution in [0, 0.1) is 25.7 Å². The standard InChI is InChI=1S/C22H23N7O3/c1-13-7-14(2)26-22(25-13)28-10-15-8-27(9-16(15)11-28)21(30)19-17(29-23-5-6-24-29)3-4-18-20(19)32-12-31-18/h3-7,15-16H,8-12H2,1-2H3. The SMILES string of the molecule is Cc1cc(C)nc(N2CC3CN(C(=O)c4c(-n5nccn5)ccc5c4OCO5)CC3C2)n1. The molecule has 3 aliphatic rings. The summed E-state index contributed by atoms with van der Waals surface area (Å²) in [5.74, 6) is 2.50. The Morgan fingerprint density at radius 3 is 2.34 bits per heavy atom. The molecule has 0 spiro atoms. The van der Waals surface area contributed by atoms with E-state index in [9.17, 15) is 4.79 Å². The monoisotopic (exact) mass is 433 g/mol. The first-order chi connectivity index (χ1) is 15.6. The molecule has 0 radical (unpaired) electrons. The average molecular weight is 433 g/mol. The van der Waals surface area contributed by atoms with Crippen LogP contribution in [-0.2, 0) is 0 Å². The summed E-state index contributed by atoms with van der Waals surface area (Å²) >= 11 is 0. The molecule has 164 valence electrons. The molecule has 32 heavy (non-hydrogen) atoms. The third-order valence-electron chi connectivity index (χ3n) is 6.39. The largest absolute Gasteiger partial charge is 0.454 e. The summed E-state index contributed by atoms with van der Waals surface area (Å²) in [5, 5.41) is 8.43. The Hall–Kier alpha value is -3.69. The minimum absolute atomic E-state index is 0.0803. The van der Waals surface area contributed by atoms with Gasteiger partial charge >= 0.3 is 0 Å². The smallest absolute Gasteiger partial charge is 0.260 e. The van der Waals surface area contributed by atoms with Crippen molar-refractivity contribution < 1.29 is 14.3 Å². The van der Waals surface area contributed by atoms with Gasteiger partial charge in [-0.1, -0.05) is 0 Å². The van der Waals surface area contributed by atoms with Crippen molar-refractivity contribution in [1.29, 1.82) is 0 Å². The Labute approximate surface area is 184 Å². The summed E-state index contributed by atoms with van der Waals surface area (Å²) in [6.45, 7) is 7.14. The number of benzene rings is 1. The van der Waals surface area contributed by atoms with Gasteiger partial charge in [-0.15, -0.1) is 0 Å². The number of hydrogen-bond donors (Lipinski definition) is 0. The average Bonchev–Trinajstić information content (AvgIpc) is 3.55. The Balaban J connectivity index is 1.25. The fraction of sp³-hybridized carbons (Fsp3) is 0.409. The first kappa shape index (κ1) is 19.0. The van der Waals surface area contributed by atoms with E-state index in [4.69, 9.17) is 9.47 Å². The quantitative estimate of drug-likeness (QED) is 0.615. The normalized spacial score (nSPS) is 21.3. The second kappa shape index (κ2) is 7.18. The lowest BCUT2D eigenvalue weighted by atomic mass is 10.0. The minimum Gasteiger partial charge on any atom is -0.454 e. The fourth-order valence-corrected chi connectivity index (χ4v) is 5.00. The molecule has 0 N–H and O–H groups in total. The molecular weight excluding hydrogens is 410 g/mol. The van der Waals surface area contributed by atoms with Crippen molar-refractivity contribution in [2.24, 2.45) is 11.8 Å². The predicted molar refractivity (Wildman–Crippen MR) is 114 cm³/mol. The zero-order valence-electron chi connectivity index (χ0n) is 17.9. The van der Waals surface area contributed by atoms with E-state index in [1.165, 1.54) is 4.80 Å². The number of amides is 1. The Bertz CT molecular complexity index is 1160. The van der Waals surface area contributed by atoms with Gasteiger partial charge < -0.3 is 19.3 Å². The third-order valence-corrected chi connectivity index (χ3v) is 6.39. The van der Waals surface area contributed by atoms with Crippen molar-refractivity contribution in [2.45, 2.75) is 13.8 Å². The van der Waals surface area contributed by atoms with E-state index in [0.29, 0.717) is 47.7 Å². The first-order valence-corrected chi connectivity index (χ1v) is 10.7. The lowest BCUT2D eigenvalue weighted by Crippen LogP contribution is -2.34. The number of rotatable bonds is 3. The number of aryl methyl sites for hydroxylation is 2. The van der Waals surface area contributed by atoms with Gasteiger partial charge in [0.25, 0.3) is 5.91 Å². The van der Waals surface area contributed by atoms with Crippen LogP contribution in [0.3, 0.4) is 0 Å². The van der Waals surface area contributed by atoms with E-state index < -0.39 is 0 Å². The third kappa shape index (κ3) is 3.05. The van der Waals surface area contributed by atoms with Crippen LogP contribution in [0.1, 0.15) is 21.7 Å². The summed E-state index contributed by atoms with van der Waals surface area (Å²) in [6.07, 6.45) is 3.17. The molecule has 10 nitrogen and oxygen atoms in total. The highest BCUT2D eigenvalue weighted by Gasteiger charge is 2.44. The minimum atomic E-state index is -0.0803. The zero-order valence-corrected chi connectivity index (χ0v) is 17.9. The van der Waals surface area contributed by atoms with Gasteiger partial charge in [-0.25, -0.2) is 9.97 Å². The highest BCUT2D eigenvalue weighted by molar-refractivity contribution is 6.01. The number of ether oxygens (including phenoxy) is 2. The number of nitrogens with zero attached hydrogens (tertiary/aromatic N) is 7. The number of carbonyl (C=O) groups excluding carboxylic acids is 1. The van der Waals surface area contributed by atoms with Crippen LogP contribution in [-0.4, -0.2) is 68.7 Å². The van der Waals surface area contributed by atoms with Crippen LogP contribution in [0.2, 0.25) is 0 Å². The second-order valence-electron chi connectivity index (χ2n) is 8.60. The Kier molecular flexibility index (Phi) is 4.27. The maximum atomic E-state index is 13.7. The van der Waals surface area contributed by atoms with Gasteiger partial charge in [0, 0.05) is 49.4 Å². The van der Waals surface area contributed by atoms with Crippen LogP contribution in [0.15, 0.2) is 30.6 Å². The van der Waals surface area contributed by atoms with Crippen LogP contribution in [0.5, 0.6) is 11.5 Å². The molecule has 5 heterocycles. The molecule has 2 unspecified atom stereocenters. The Morgan fingerprint density at radius 1 is 0.969 bits per heavy atom. The molecule has 2 saturated heterocycles. The number of carbonyl (C=O) groups is 1. The van der Waals surface area contributed by atoms with Gasteiger partial charge in [-0.3, -0.25) is 4.79 Å². The van der Waals surface area contributed by atoms with Crippen LogP contribution in [0.25, 0.3) is 5.69 Å². The molecule has 0 bridgehead atoms. The fourth-order valence-electron chi connectivity index (χ4n) is 5.00. The second-order valence-corrected chi connectivity index (χ2v) is 8.60. The molecule has 2 atom stereocenters. The maximum Gasteiger partial charge on any atom is 0.260 e. The van der Waals surface area contributed by atoms with Crippen LogP contribution in [0.4, 0.5) is 5.95 Å². The number of hydrogen-bond acceptors (Lipinski definition) is 8. The van der Waals surface area contributed by atoms with Gasteiger partial charge in [-0.2, -0.15) is 15.0 Å². The topological polar surface area (TPSA) is 98.5 Å². The molecule has 10 heteroatoms. The molecule has 1 amide bonds. The summed E-state index contributed by atoms with van der Waals surface area (Å²) in [6, 6.07) is 5.58. The van der Waals surface area contributed by atoms with Gasteiger partial charge in [-0.05, 0) is 32.0 Å². The summed E-state index contributed by atoms with van der Waals surface area (Å²) < 4.78 is 11.2. The summed E-state index contributed by atoms with van der Waals surface area (Å²) in [4.78, 5) is 28.5. The van der Waals surface area contributed by atoms with Gasteiger partial charge in [0.15, 0.2) is 11.5 Å². The summed E-state index contributed by atoms with van der Waals surface area (Å²) in [7, 11) is 0. The van der Waals surface area contributed by atoms with E-state index >= 15 is 0 Å². The van der Waals surface area contributed by atoms with Crippen molar-refractivity contribution >= 4 is 11.9 Å². The van der Waals surface area contributed by atoms with Crippen LogP contribution >= 0.6 is 0 Å². The highest BCUT2D eigenvalue weighted by Crippen LogP contribution is 2.41. The van der Waals surface area contributed by atoms with Gasteiger partial charge in [0.2, 0.25) is 12.7 Å². The van der Waals surface area contributed by atoms with Crippen molar-refractivity contribution in [3.63, 3.8) is 0 Å². The molecule has 3 aliphatic heterocycles. The Morgan fingerprint density at radius 2 is 1.66 bits per heavy atom. The van der Waals surface area contributed by atoms with Crippen LogP contribution < -0.4 is 14.4 Å². The van der Waals surface area contributed by atoms with E-state index in [1.54, 1.807) is 24.5 Å². The molecule has 3 aromatic rings. The molecule has 6 rings (SSSR count). The number of anilines is 1. The highest BCUT2D eigenvalue weighted by atomic mass is 16.7. The molecule has 2 aromatic heterocycles. The summed E-state index contributed by atoms with van der Waals surface area (Å²) in [5.41, 5.74) is 2.99. The molecular formula is C22H23N7O3. The van der Waals surface area contributed by atoms with Crippen molar-refractivity contribution in [2.75, 3.05) is 37.9 Å². The zero-order chi connectivity index (χ0) is 21.8. The van der Waals surface area contributed by atoms with E-state index in [0.717, 1.165) is 30.4 Å². The molecule has 2 fully saturated rings. The van der Waals surface area contributed by atoms with E-state index in [-0.39, 0.29) is 12.7 Å². The van der Waals surface area contributed by atoms with Gasteiger partial charge in [0.1, 0.15) is 11.3 Å². The maximum absolute atomic E-state index is 13.7. The molecule has 0 aliphatic carbocycles.